The summed E-state index contributed by atoms with van der Waals surface area (Å²) in [5, 5.41) is 7.17. The van der Waals surface area contributed by atoms with E-state index in [9.17, 15) is 4.79 Å². The Morgan fingerprint density at radius 2 is 2.32 bits per heavy atom. The van der Waals surface area contributed by atoms with E-state index in [1.165, 1.54) is 5.56 Å². The predicted octanol–water partition coefficient (Wildman–Crippen LogP) is 3.00. The molecule has 1 N–H and O–H groups in total. The summed E-state index contributed by atoms with van der Waals surface area (Å²) >= 11 is 1.69. The third-order valence-corrected chi connectivity index (χ3v) is 3.75. The molecule has 2 heterocycles. The first-order valence-corrected chi connectivity index (χ1v) is 7.38. The van der Waals surface area contributed by atoms with Crippen LogP contribution in [0.5, 0.6) is 0 Å². The molecule has 1 amide bonds. The van der Waals surface area contributed by atoms with Gasteiger partial charge in [-0.3, -0.25) is 9.78 Å². The van der Waals surface area contributed by atoms with Gasteiger partial charge in [-0.05, 0) is 46.9 Å². The lowest BCUT2D eigenvalue weighted by Crippen LogP contribution is -2.27. The second-order valence-corrected chi connectivity index (χ2v) is 5.36. The fraction of sp³-hybridized carbons (Fsp3) is 0.333. The van der Waals surface area contributed by atoms with E-state index >= 15 is 0 Å². The van der Waals surface area contributed by atoms with Crippen LogP contribution in [0.4, 0.5) is 0 Å². The Kier molecular flexibility index (Phi) is 5.10. The molecule has 2 aromatic rings. The van der Waals surface area contributed by atoms with Gasteiger partial charge >= 0.3 is 0 Å². The highest BCUT2D eigenvalue weighted by atomic mass is 32.1. The van der Waals surface area contributed by atoms with E-state index in [0.29, 0.717) is 25.3 Å². The van der Waals surface area contributed by atoms with Crippen LogP contribution < -0.4 is 5.32 Å². The summed E-state index contributed by atoms with van der Waals surface area (Å²) in [6, 6.07) is 7.88. The minimum atomic E-state index is 0.0905. The molecule has 0 aliphatic carbocycles. The van der Waals surface area contributed by atoms with Crippen LogP contribution in [-0.4, -0.2) is 17.4 Å². The highest BCUT2D eigenvalue weighted by Crippen LogP contribution is 2.17. The van der Waals surface area contributed by atoms with E-state index in [4.69, 9.17) is 0 Å². The van der Waals surface area contributed by atoms with Gasteiger partial charge in [0.2, 0.25) is 5.91 Å². The molecular weight excluding hydrogens is 256 g/mol. The molecule has 0 aliphatic rings. The third kappa shape index (κ3) is 4.48. The monoisotopic (exact) mass is 274 g/mol. The van der Waals surface area contributed by atoms with E-state index in [2.05, 4.69) is 34.1 Å². The van der Waals surface area contributed by atoms with Crippen LogP contribution in [0.1, 0.15) is 30.5 Å². The van der Waals surface area contributed by atoms with Gasteiger partial charge in [0.05, 0.1) is 0 Å². The van der Waals surface area contributed by atoms with Crippen LogP contribution in [0.25, 0.3) is 0 Å². The van der Waals surface area contributed by atoms with Crippen molar-refractivity contribution in [3.63, 3.8) is 0 Å². The minimum absolute atomic E-state index is 0.0905. The second kappa shape index (κ2) is 7.04. The molecule has 19 heavy (non-hydrogen) atoms. The van der Waals surface area contributed by atoms with Crippen molar-refractivity contribution in [2.24, 2.45) is 0 Å². The Balaban J connectivity index is 1.70. The maximum absolute atomic E-state index is 11.8. The molecule has 100 valence electrons. The fourth-order valence-corrected chi connectivity index (χ4v) is 2.60. The number of hydrogen-bond donors (Lipinski definition) is 1. The lowest BCUT2D eigenvalue weighted by atomic mass is 10.1. The lowest BCUT2D eigenvalue weighted by molar-refractivity contribution is -0.121. The quantitative estimate of drug-likeness (QED) is 0.880. The van der Waals surface area contributed by atoms with Crippen molar-refractivity contribution < 1.29 is 4.79 Å². The average Bonchev–Trinajstić information content (AvgIpc) is 2.98. The Hall–Kier alpha value is -1.68. The standard InChI is InChI=1S/C15H18N2OS/c1-12(13-7-9-19-11-13)10-17-15(18)6-5-14-4-2-3-8-16-14/h2-4,7-9,11-12H,5-6,10H2,1H3,(H,17,18)/t12-/m0/s1. The number of nitrogens with one attached hydrogen (secondary N) is 1. The fourth-order valence-electron chi connectivity index (χ4n) is 1.82. The summed E-state index contributed by atoms with van der Waals surface area (Å²) in [5.41, 5.74) is 2.25. The minimum Gasteiger partial charge on any atom is -0.355 e. The maximum Gasteiger partial charge on any atom is 0.220 e. The predicted molar refractivity (Wildman–Crippen MR) is 78.3 cm³/mol. The number of rotatable bonds is 6. The van der Waals surface area contributed by atoms with Gasteiger partial charge in [-0.15, -0.1) is 0 Å². The van der Waals surface area contributed by atoms with Crippen molar-refractivity contribution in [1.29, 1.82) is 0 Å². The number of pyridine rings is 1. The third-order valence-electron chi connectivity index (χ3n) is 3.05. The molecule has 0 radical (unpaired) electrons. The first-order chi connectivity index (χ1) is 9.25. The normalized spacial score (nSPS) is 12.1. The summed E-state index contributed by atoms with van der Waals surface area (Å²) in [4.78, 5) is 16.0. The molecule has 0 aromatic carbocycles. The molecule has 0 spiro atoms. The van der Waals surface area contributed by atoms with Crippen LogP contribution in [-0.2, 0) is 11.2 Å². The average molecular weight is 274 g/mol. The van der Waals surface area contributed by atoms with Crippen LogP contribution >= 0.6 is 11.3 Å². The van der Waals surface area contributed by atoms with E-state index in [0.717, 1.165) is 5.69 Å². The molecule has 0 aliphatic heterocycles. The molecule has 0 unspecified atom stereocenters. The van der Waals surface area contributed by atoms with Crippen LogP contribution in [0.2, 0.25) is 0 Å². The van der Waals surface area contributed by atoms with Crippen molar-refractivity contribution in [2.45, 2.75) is 25.7 Å². The molecule has 2 rings (SSSR count). The second-order valence-electron chi connectivity index (χ2n) is 4.58. The number of amides is 1. The molecule has 1 atom stereocenters. The van der Waals surface area contributed by atoms with Crippen LogP contribution in [0.3, 0.4) is 0 Å². The smallest absolute Gasteiger partial charge is 0.220 e. The first-order valence-electron chi connectivity index (χ1n) is 6.44. The molecular formula is C15H18N2OS. The number of nitrogens with zero attached hydrogens (tertiary/aromatic N) is 1. The molecule has 0 bridgehead atoms. The zero-order chi connectivity index (χ0) is 13.5. The highest BCUT2D eigenvalue weighted by Gasteiger charge is 2.08. The molecule has 0 saturated heterocycles. The van der Waals surface area contributed by atoms with Crippen molar-refractivity contribution in [2.75, 3.05) is 6.54 Å². The Morgan fingerprint density at radius 3 is 3.00 bits per heavy atom. The van der Waals surface area contributed by atoms with Crippen molar-refractivity contribution in [3.8, 4) is 0 Å². The Labute approximate surface area is 117 Å². The number of carbonyl (C=O) groups excluding carboxylic acids is 1. The maximum atomic E-state index is 11.8. The summed E-state index contributed by atoms with van der Waals surface area (Å²) < 4.78 is 0. The number of carbonyl (C=O) groups is 1. The van der Waals surface area contributed by atoms with Gasteiger partial charge in [0, 0.05) is 24.9 Å². The molecule has 0 saturated carbocycles. The van der Waals surface area contributed by atoms with Gasteiger partial charge < -0.3 is 5.32 Å². The van der Waals surface area contributed by atoms with Gasteiger partial charge in [0.15, 0.2) is 0 Å². The van der Waals surface area contributed by atoms with Crippen molar-refractivity contribution >= 4 is 17.2 Å². The topological polar surface area (TPSA) is 42.0 Å². The van der Waals surface area contributed by atoms with Gasteiger partial charge in [-0.2, -0.15) is 11.3 Å². The van der Waals surface area contributed by atoms with E-state index in [1.54, 1.807) is 17.5 Å². The number of hydrogen-bond acceptors (Lipinski definition) is 3. The summed E-state index contributed by atoms with van der Waals surface area (Å²) in [6.07, 6.45) is 2.94. The van der Waals surface area contributed by atoms with Crippen molar-refractivity contribution in [1.82, 2.24) is 10.3 Å². The molecule has 4 heteroatoms. The number of aromatic nitrogens is 1. The van der Waals surface area contributed by atoms with Crippen molar-refractivity contribution in [3.05, 3.63) is 52.5 Å². The van der Waals surface area contributed by atoms with Gasteiger partial charge in [-0.1, -0.05) is 13.0 Å². The number of thiophene rings is 1. The van der Waals surface area contributed by atoms with Gasteiger partial charge in [0.25, 0.3) is 0 Å². The van der Waals surface area contributed by atoms with Gasteiger partial charge in [-0.25, -0.2) is 0 Å². The first kappa shape index (κ1) is 13.7. The summed E-state index contributed by atoms with van der Waals surface area (Å²) in [7, 11) is 0. The zero-order valence-corrected chi connectivity index (χ0v) is 11.8. The highest BCUT2D eigenvalue weighted by molar-refractivity contribution is 7.07. The largest absolute Gasteiger partial charge is 0.355 e. The van der Waals surface area contributed by atoms with E-state index < -0.39 is 0 Å². The number of aryl methyl sites for hydroxylation is 1. The van der Waals surface area contributed by atoms with E-state index in [1.807, 2.05) is 18.2 Å². The molecule has 2 aromatic heterocycles. The summed E-state index contributed by atoms with van der Waals surface area (Å²) in [5.74, 6) is 0.456. The van der Waals surface area contributed by atoms with Gasteiger partial charge in [0.1, 0.15) is 0 Å². The molecule has 3 nitrogen and oxygen atoms in total. The Morgan fingerprint density at radius 1 is 1.42 bits per heavy atom. The Bertz CT molecular complexity index is 496. The zero-order valence-electron chi connectivity index (χ0n) is 11.0. The van der Waals surface area contributed by atoms with Crippen LogP contribution in [0.15, 0.2) is 41.2 Å². The van der Waals surface area contributed by atoms with Crippen LogP contribution in [0, 0.1) is 0 Å². The summed E-state index contributed by atoms with van der Waals surface area (Å²) in [6.45, 7) is 2.82. The molecule has 0 fully saturated rings. The lowest BCUT2D eigenvalue weighted by Gasteiger charge is -2.11. The SMILES string of the molecule is C[C@@H](CNC(=O)CCc1ccccn1)c1ccsc1. The van der Waals surface area contributed by atoms with E-state index in [-0.39, 0.29) is 5.91 Å².